The fourth-order valence-electron chi connectivity index (χ4n) is 2.74. The summed E-state index contributed by atoms with van der Waals surface area (Å²) in [4.78, 5) is 27.4. The summed E-state index contributed by atoms with van der Waals surface area (Å²) in [5.74, 6) is 0.875. The van der Waals surface area contributed by atoms with E-state index >= 15 is 0 Å². The molecule has 0 radical (unpaired) electrons. The summed E-state index contributed by atoms with van der Waals surface area (Å²) < 4.78 is 17.4. The zero-order valence-electron chi connectivity index (χ0n) is 15.1. The van der Waals surface area contributed by atoms with Crippen LogP contribution in [0.25, 0.3) is 0 Å². The van der Waals surface area contributed by atoms with Crippen LogP contribution >= 0.6 is 0 Å². The first-order chi connectivity index (χ1) is 13.5. The van der Waals surface area contributed by atoms with Crippen LogP contribution in [0, 0.1) is 10.1 Å². The topological polar surface area (TPSA) is 106 Å². The van der Waals surface area contributed by atoms with Crippen LogP contribution in [0.1, 0.15) is 17.2 Å². The number of imidazole rings is 1. The van der Waals surface area contributed by atoms with E-state index in [0.717, 1.165) is 4.57 Å². The van der Waals surface area contributed by atoms with Crippen molar-refractivity contribution in [3.8, 4) is 11.5 Å². The number of benzene rings is 2. The SMILES string of the molecule is COc1ccc(OC)c(C(OC(=O)n2ccnc2)c2ccccc2[N+](=O)[O-])c1. The molecule has 1 heterocycles. The van der Waals surface area contributed by atoms with E-state index in [1.54, 1.807) is 30.3 Å². The van der Waals surface area contributed by atoms with E-state index in [0.29, 0.717) is 17.1 Å². The van der Waals surface area contributed by atoms with Gasteiger partial charge < -0.3 is 14.2 Å². The Balaban J connectivity index is 2.15. The molecular formula is C19H17N3O6. The molecule has 0 bridgehead atoms. The van der Waals surface area contributed by atoms with Gasteiger partial charge in [-0.05, 0) is 24.3 Å². The van der Waals surface area contributed by atoms with Crippen molar-refractivity contribution in [2.75, 3.05) is 14.2 Å². The Labute approximate surface area is 160 Å². The molecule has 0 aliphatic carbocycles. The summed E-state index contributed by atoms with van der Waals surface area (Å²) in [5.41, 5.74) is 0.424. The molecule has 0 aliphatic rings. The van der Waals surface area contributed by atoms with Crippen molar-refractivity contribution < 1.29 is 23.9 Å². The van der Waals surface area contributed by atoms with Crippen LogP contribution in [0.5, 0.6) is 11.5 Å². The van der Waals surface area contributed by atoms with Gasteiger partial charge in [-0.1, -0.05) is 12.1 Å². The van der Waals surface area contributed by atoms with Crippen LogP contribution in [0.2, 0.25) is 0 Å². The number of nitro groups is 1. The standard InChI is InChI=1S/C19H17N3O6/c1-26-13-7-8-17(27-2)15(11-13)18(28-19(23)21-10-9-20-12-21)14-5-3-4-6-16(14)22(24)25/h3-12,18H,1-2H3. The summed E-state index contributed by atoms with van der Waals surface area (Å²) >= 11 is 0. The predicted octanol–water partition coefficient (Wildman–Crippen LogP) is 3.58. The number of hydrogen-bond acceptors (Lipinski definition) is 7. The molecule has 0 N–H and O–H groups in total. The number of carbonyl (C=O) groups excluding carboxylic acids is 1. The van der Waals surface area contributed by atoms with Crippen LogP contribution in [-0.2, 0) is 4.74 Å². The van der Waals surface area contributed by atoms with Crippen molar-refractivity contribution >= 4 is 11.8 Å². The molecule has 0 aliphatic heterocycles. The maximum Gasteiger partial charge on any atom is 0.420 e. The van der Waals surface area contributed by atoms with Crippen molar-refractivity contribution in [2.45, 2.75) is 6.10 Å². The number of para-hydroxylation sites is 1. The quantitative estimate of drug-likeness (QED) is 0.473. The average molecular weight is 383 g/mol. The second kappa shape index (κ2) is 8.21. The minimum absolute atomic E-state index is 0.184. The molecule has 9 nitrogen and oxygen atoms in total. The molecular weight excluding hydrogens is 366 g/mol. The van der Waals surface area contributed by atoms with Crippen molar-refractivity contribution in [3.05, 3.63) is 82.4 Å². The first-order valence-corrected chi connectivity index (χ1v) is 8.19. The van der Waals surface area contributed by atoms with Crippen LogP contribution in [-0.4, -0.2) is 34.8 Å². The van der Waals surface area contributed by atoms with Gasteiger partial charge in [-0.2, -0.15) is 0 Å². The van der Waals surface area contributed by atoms with Crippen molar-refractivity contribution in [3.63, 3.8) is 0 Å². The number of hydrogen-bond donors (Lipinski definition) is 0. The number of carbonyl (C=O) groups is 1. The highest BCUT2D eigenvalue weighted by atomic mass is 16.6. The van der Waals surface area contributed by atoms with E-state index < -0.39 is 17.1 Å². The third-order valence-corrected chi connectivity index (χ3v) is 4.07. The number of aromatic nitrogens is 2. The fourth-order valence-corrected chi connectivity index (χ4v) is 2.74. The second-order valence-corrected chi connectivity index (χ2v) is 5.66. The van der Waals surface area contributed by atoms with Gasteiger partial charge >= 0.3 is 6.09 Å². The lowest BCUT2D eigenvalue weighted by Gasteiger charge is -2.21. The van der Waals surface area contributed by atoms with Gasteiger partial charge in [0.1, 0.15) is 17.8 Å². The Bertz CT molecular complexity index is 987. The van der Waals surface area contributed by atoms with Gasteiger partial charge in [0.25, 0.3) is 5.69 Å². The molecule has 9 heteroatoms. The third kappa shape index (κ3) is 3.78. The summed E-state index contributed by atoms with van der Waals surface area (Å²) in [6, 6.07) is 11.0. The van der Waals surface area contributed by atoms with E-state index in [4.69, 9.17) is 14.2 Å². The molecule has 1 atom stereocenters. The maximum absolute atomic E-state index is 12.6. The maximum atomic E-state index is 12.6. The largest absolute Gasteiger partial charge is 0.497 e. The molecule has 28 heavy (non-hydrogen) atoms. The molecule has 3 rings (SSSR count). The number of methoxy groups -OCH3 is 2. The van der Waals surface area contributed by atoms with E-state index in [1.165, 1.54) is 45.1 Å². The van der Waals surface area contributed by atoms with Gasteiger partial charge in [0.2, 0.25) is 0 Å². The molecule has 0 saturated heterocycles. The highest BCUT2D eigenvalue weighted by molar-refractivity contribution is 5.71. The molecule has 1 aromatic heterocycles. The third-order valence-electron chi connectivity index (χ3n) is 4.07. The van der Waals surface area contributed by atoms with Crippen LogP contribution < -0.4 is 9.47 Å². The zero-order valence-corrected chi connectivity index (χ0v) is 15.1. The highest BCUT2D eigenvalue weighted by Crippen LogP contribution is 2.39. The summed E-state index contributed by atoms with van der Waals surface area (Å²) in [6.07, 6.45) is 2.27. The minimum Gasteiger partial charge on any atom is -0.497 e. The Morgan fingerprint density at radius 3 is 2.57 bits per heavy atom. The van der Waals surface area contributed by atoms with Gasteiger partial charge in [0, 0.05) is 24.0 Å². The smallest absolute Gasteiger partial charge is 0.420 e. The van der Waals surface area contributed by atoms with Gasteiger partial charge in [-0.25, -0.2) is 14.3 Å². The number of ether oxygens (including phenoxy) is 3. The molecule has 0 fully saturated rings. The van der Waals surface area contributed by atoms with E-state index in [-0.39, 0.29) is 11.3 Å². The van der Waals surface area contributed by atoms with E-state index in [9.17, 15) is 14.9 Å². The van der Waals surface area contributed by atoms with E-state index in [1.807, 2.05) is 0 Å². The summed E-state index contributed by atoms with van der Waals surface area (Å²) in [7, 11) is 2.95. The first-order valence-electron chi connectivity index (χ1n) is 8.19. The summed E-state index contributed by atoms with van der Waals surface area (Å²) in [5, 5.41) is 11.5. The molecule has 0 spiro atoms. The molecule has 0 saturated carbocycles. The normalized spacial score (nSPS) is 11.5. The lowest BCUT2D eigenvalue weighted by atomic mass is 9.98. The Morgan fingerprint density at radius 1 is 1.14 bits per heavy atom. The van der Waals surface area contributed by atoms with Crippen molar-refractivity contribution in [1.82, 2.24) is 9.55 Å². The van der Waals surface area contributed by atoms with Crippen LogP contribution in [0.15, 0.2) is 61.2 Å². The molecule has 144 valence electrons. The van der Waals surface area contributed by atoms with Gasteiger partial charge in [0.15, 0.2) is 6.10 Å². The Kier molecular flexibility index (Phi) is 5.54. The molecule has 2 aromatic carbocycles. The predicted molar refractivity (Wildman–Crippen MR) is 98.6 cm³/mol. The lowest BCUT2D eigenvalue weighted by molar-refractivity contribution is -0.386. The monoisotopic (exact) mass is 383 g/mol. The highest BCUT2D eigenvalue weighted by Gasteiger charge is 2.30. The van der Waals surface area contributed by atoms with E-state index in [2.05, 4.69) is 4.98 Å². The Hall–Kier alpha value is -3.88. The van der Waals surface area contributed by atoms with Crippen molar-refractivity contribution in [1.29, 1.82) is 0 Å². The van der Waals surface area contributed by atoms with Crippen LogP contribution in [0.3, 0.4) is 0 Å². The number of nitrogens with zero attached hydrogens (tertiary/aromatic N) is 3. The molecule has 0 amide bonds. The minimum atomic E-state index is -1.11. The van der Waals surface area contributed by atoms with Gasteiger partial charge in [-0.3, -0.25) is 10.1 Å². The van der Waals surface area contributed by atoms with Gasteiger partial charge in [-0.15, -0.1) is 0 Å². The lowest BCUT2D eigenvalue weighted by Crippen LogP contribution is -2.18. The molecule has 1 unspecified atom stereocenters. The van der Waals surface area contributed by atoms with Crippen LogP contribution in [0.4, 0.5) is 10.5 Å². The molecule has 3 aromatic rings. The summed E-state index contributed by atoms with van der Waals surface area (Å²) in [6.45, 7) is 0. The fraction of sp³-hybridized carbons (Fsp3) is 0.158. The zero-order chi connectivity index (χ0) is 20.1. The number of rotatable bonds is 6. The Morgan fingerprint density at radius 2 is 1.93 bits per heavy atom. The van der Waals surface area contributed by atoms with Crippen molar-refractivity contribution in [2.24, 2.45) is 0 Å². The van der Waals surface area contributed by atoms with Gasteiger partial charge in [0.05, 0.1) is 24.7 Å². The first kappa shape index (κ1) is 18.9. The average Bonchev–Trinajstić information content (AvgIpc) is 3.26. The second-order valence-electron chi connectivity index (χ2n) is 5.66. The number of nitro benzene ring substituents is 1.